The number of ether oxygens (including phenoxy) is 1. The van der Waals surface area contributed by atoms with Crippen LogP contribution in [-0.4, -0.2) is 85.0 Å². The summed E-state index contributed by atoms with van der Waals surface area (Å²) in [6.45, 7) is 21.5. The maximum absolute atomic E-state index is 12.8. The van der Waals surface area contributed by atoms with Crippen molar-refractivity contribution in [3.63, 3.8) is 0 Å². The van der Waals surface area contributed by atoms with Crippen LogP contribution in [0.4, 0.5) is 5.95 Å². The van der Waals surface area contributed by atoms with Crippen LogP contribution in [0.25, 0.3) is 11.2 Å². The Balaban J connectivity index is 2.20. The van der Waals surface area contributed by atoms with Crippen molar-refractivity contribution < 1.29 is 27.9 Å². The zero-order chi connectivity index (χ0) is 29.7. The summed E-state index contributed by atoms with van der Waals surface area (Å²) in [6.07, 6.45) is -1.06. The Morgan fingerprint density at radius 1 is 1.05 bits per heavy atom. The summed E-state index contributed by atoms with van der Waals surface area (Å²) in [7, 11) is -3.75. The van der Waals surface area contributed by atoms with Gasteiger partial charge in [-0.25, -0.2) is 4.98 Å². The minimum atomic E-state index is -2.59. The number of H-pyrrole nitrogens is 1. The fraction of sp³-hybridized carbons (Fsp3) is 0.792. The van der Waals surface area contributed by atoms with Crippen LogP contribution in [0.3, 0.4) is 0 Å². The van der Waals surface area contributed by atoms with Crippen LogP contribution in [0, 0.1) is 0 Å². The molecule has 0 amide bonds. The van der Waals surface area contributed by atoms with E-state index in [4.69, 9.17) is 18.1 Å². The Morgan fingerprint density at radius 3 is 2.08 bits per heavy atom. The third kappa shape index (κ3) is 6.82. The number of hydrogen-bond acceptors (Lipinski definition) is 10. The van der Waals surface area contributed by atoms with E-state index in [2.05, 4.69) is 82.7 Å². The molecule has 1 aliphatic rings. The molecule has 2 aromatic rings. The summed E-state index contributed by atoms with van der Waals surface area (Å²) in [6, 6.07) is 0. The minimum absolute atomic E-state index is 0.101. The maximum atomic E-state index is 12.8. The van der Waals surface area contributed by atoms with Gasteiger partial charge in [0.1, 0.15) is 18.3 Å². The predicted octanol–water partition coefficient (Wildman–Crippen LogP) is 4.09. The standard InChI is InChI=1S/C24H46N5O7PSi2/c1-23(2,3)38(9,10)35-17-15(13-33-37(31)32)34-21(18(17)36-39(11,12)24(4,5)6)29-14-25-16-19(29)26-22(28(7)8)27-20(16)30/h14-15,17-18,21,31-32H,13H2,1-12H3,(H,26,27,30)/t15-,17-,18-,21-/m1/s1. The molecule has 1 aliphatic heterocycles. The van der Waals surface area contributed by atoms with Crippen molar-refractivity contribution in [2.24, 2.45) is 0 Å². The molecule has 1 saturated heterocycles. The largest absolute Gasteiger partial charge is 0.408 e. The summed E-state index contributed by atoms with van der Waals surface area (Å²) < 4.78 is 27.5. The van der Waals surface area contributed by atoms with Gasteiger partial charge in [-0.05, 0) is 36.3 Å². The minimum Gasteiger partial charge on any atom is -0.408 e. The van der Waals surface area contributed by atoms with Crippen molar-refractivity contribution >= 4 is 42.3 Å². The average molecular weight is 604 g/mol. The van der Waals surface area contributed by atoms with Crippen LogP contribution in [0.5, 0.6) is 0 Å². The Morgan fingerprint density at radius 2 is 1.59 bits per heavy atom. The second kappa shape index (κ2) is 11.2. The molecule has 1 fully saturated rings. The van der Waals surface area contributed by atoms with Gasteiger partial charge in [-0.1, -0.05) is 41.5 Å². The topological polar surface area (TPSA) is 144 Å². The van der Waals surface area contributed by atoms with E-state index < -0.39 is 49.8 Å². The molecule has 0 radical (unpaired) electrons. The first-order valence-electron chi connectivity index (χ1n) is 13.1. The molecule has 222 valence electrons. The summed E-state index contributed by atoms with van der Waals surface area (Å²) in [5.41, 5.74) is 0.184. The van der Waals surface area contributed by atoms with Crippen molar-refractivity contribution in [2.45, 2.75) is 102 Å². The molecule has 0 spiro atoms. The van der Waals surface area contributed by atoms with Gasteiger partial charge in [0.2, 0.25) is 5.95 Å². The fourth-order valence-electron chi connectivity index (χ4n) is 3.82. The Kier molecular flexibility index (Phi) is 9.29. The van der Waals surface area contributed by atoms with Gasteiger partial charge in [-0.15, -0.1) is 0 Å². The number of aromatic nitrogens is 4. The number of imidazole rings is 1. The van der Waals surface area contributed by atoms with Gasteiger partial charge in [-0.2, -0.15) is 4.98 Å². The van der Waals surface area contributed by atoms with E-state index in [0.717, 1.165) is 0 Å². The molecule has 39 heavy (non-hydrogen) atoms. The van der Waals surface area contributed by atoms with Crippen LogP contribution in [0.1, 0.15) is 47.8 Å². The van der Waals surface area contributed by atoms with Crippen molar-refractivity contribution in [3.8, 4) is 0 Å². The van der Waals surface area contributed by atoms with Gasteiger partial charge in [0.05, 0.1) is 12.9 Å². The monoisotopic (exact) mass is 603 g/mol. The first-order chi connectivity index (χ1) is 17.7. The number of hydrogen-bond donors (Lipinski definition) is 3. The third-order valence-electron chi connectivity index (χ3n) is 8.23. The first-order valence-corrected chi connectivity index (χ1v) is 20.1. The smallest absolute Gasteiger partial charge is 0.327 e. The lowest BCUT2D eigenvalue weighted by Gasteiger charge is -2.44. The van der Waals surface area contributed by atoms with Crippen molar-refractivity contribution in [2.75, 3.05) is 25.6 Å². The highest BCUT2D eigenvalue weighted by Gasteiger charge is 2.54. The number of nitrogens with zero attached hydrogens (tertiary/aromatic N) is 4. The van der Waals surface area contributed by atoms with E-state index in [9.17, 15) is 14.6 Å². The maximum Gasteiger partial charge on any atom is 0.327 e. The molecule has 4 atom stereocenters. The van der Waals surface area contributed by atoms with Gasteiger partial charge in [-0.3, -0.25) is 14.3 Å². The van der Waals surface area contributed by atoms with Crippen molar-refractivity contribution in [1.29, 1.82) is 0 Å². The third-order valence-corrected chi connectivity index (χ3v) is 17.6. The summed E-state index contributed by atoms with van der Waals surface area (Å²) in [5.74, 6) is 0.384. The quantitative estimate of drug-likeness (QED) is 0.283. The van der Waals surface area contributed by atoms with Gasteiger partial charge >= 0.3 is 8.60 Å². The van der Waals surface area contributed by atoms with E-state index in [-0.39, 0.29) is 27.8 Å². The normalized spacial score (nSPS) is 23.3. The molecule has 0 unspecified atom stereocenters. The summed E-state index contributed by atoms with van der Waals surface area (Å²) >= 11 is 0. The lowest BCUT2D eigenvalue weighted by molar-refractivity contribution is -0.0464. The molecule has 3 heterocycles. The number of anilines is 1. The molecule has 12 nitrogen and oxygen atoms in total. The molecule has 15 heteroatoms. The molecule has 0 aromatic carbocycles. The SMILES string of the molecule is CN(C)c1nc2c(ncn2[C@@H]2O[C@H](COP(O)O)[C@@H](O[Si](C)(C)C(C)(C)C)[C@H]2O[Si](C)(C)C(C)(C)C)c(=O)[nH]1. The molecule has 2 aromatic heterocycles. The van der Waals surface area contributed by atoms with Crippen LogP contribution in [0.2, 0.25) is 36.3 Å². The first kappa shape index (κ1) is 32.3. The number of nitrogens with one attached hydrogen (secondary N) is 1. The van der Waals surface area contributed by atoms with Crippen LogP contribution >= 0.6 is 8.60 Å². The summed E-state index contributed by atoms with van der Waals surface area (Å²) in [5, 5.41) is -0.210. The highest BCUT2D eigenvalue weighted by Crippen LogP contribution is 2.46. The van der Waals surface area contributed by atoms with Crippen LogP contribution in [-0.2, 0) is 18.1 Å². The van der Waals surface area contributed by atoms with Gasteiger partial charge in [0, 0.05) is 14.1 Å². The second-order valence-electron chi connectivity index (χ2n) is 13.4. The average Bonchev–Trinajstić information content (AvgIpc) is 3.32. The fourth-order valence-corrected chi connectivity index (χ4v) is 6.71. The molecular weight excluding hydrogens is 557 g/mol. The van der Waals surface area contributed by atoms with E-state index in [1.807, 2.05) is 0 Å². The van der Waals surface area contributed by atoms with E-state index in [0.29, 0.717) is 11.6 Å². The molecular formula is C24H46N5O7PSi2. The lowest BCUT2D eigenvalue weighted by atomic mass is 10.1. The highest BCUT2D eigenvalue weighted by atomic mass is 31.2. The Bertz CT molecular complexity index is 1210. The molecule has 3 rings (SSSR count). The van der Waals surface area contributed by atoms with Gasteiger partial charge in [0.25, 0.3) is 5.56 Å². The zero-order valence-corrected chi connectivity index (χ0v) is 28.2. The molecule has 3 N–H and O–H groups in total. The molecule has 0 bridgehead atoms. The summed E-state index contributed by atoms with van der Waals surface area (Å²) in [4.78, 5) is 45.4. The predicted molar refractivity (Wildman–Crippen MR) is 158 cm³/mol. The van der Waals surface area contributed by atoms with Crippen LogP contribution in [0.15, 0.2) is 11.1 Å². The van der Waals surface area contributed by atoms with Gasteiger partial charge < -0.3 is 32.8 Å². The van der Waals surface area contributed by atoms with Crippen molar-refractivity contribution in [1.82, 2.24) is 19.5 Å². The lowest BCUT2D eigenvalue weighted by Crippen LogP contribution is -2.54. The van der Waals surface area contributed by atoms with Gasteiger partial charge in [0.15, 0.2) is 34.0 Å². The number of aromatic amines is 1. The zero-order valence-electron chi connectivity index (χ0n) is 25.3. The van der Waals surface area contributed by atoms with E-state index >= 15 is 0 Å². The molecule has 0 saturated carbocycles. The Hall–Kier alpha value is -1.23. The number of fused-ring (bicyclic) bond motifs is 1. The van der Waals surface area contributed by atoms with Crippen molar-refractivity contribution in [3.05, 3.63) is 16.7 Å². The van der Waals surface area contributed by atoms with Crippen LogP contribution < -0.4 is 10.5 Å². The highest BCUT2D eigenvalue weighted by molar-refractivity contribution is 7.39. The number of rotatable bonds is 9. The molecule has 0 aliphatic carbocycles. The second-order valence-corrected chi connectivity index (χ2v) is 23.7. The van der Waals surface area contributed by atoms with E-state index in [1.165, 1.54) is 6.33 Å². The van der Waals surface area contributed by atoms with E-state index in [1.54, 1.807) is 23.6 Å². The Labute approximate surface area is 234 Å².